The zero-order valence-corrected chi connectivity index (χ0v) is 23.8. The number of carbonyl (C=O) groups excluding carboxylic acids is 1. The Kier molecular flexibility index (Phi) is 7.97. The molecule has 2 aliphatic carbocycles. The van der Waals surface area contributed by atoms with Crippen molar-refractivity contribution in [1.29, 1.82) is 0 Å². The fourth-order valence-corrected chi connectivity index (χ4v) is 5.53. The van der Waals surface area contributed by atoms with Crippen molar-refractivity contribution in [3.63, 3.8) is 0 Å². The number of aryl methyl sites for hydroxylation is 1. The van der Waals surface area contributed by atoms with E-state index in [2.05, 4.69) is 84.0 Å². The highest BCUT2D eigenvalue weighted by atomic mass is 16.3. The first-order chi connectivity index (χ1) is 19.4. The summed E-state index contributed by atoms with van der Waals surface area (Å²) >= 11 is 0. The number of allylic oxidation sites excluding steroid dienone is 7. The first-order valence-electron chi connectivity index (χ1n) is 14.1. The van der Waals surface area contributed by atoms with Gasteiger partial charge in [-0.3, -0.25) is 4.79 Å². The maximum absolute atomic E-state index is 13.4. The number of ketones is 1. The number of benzene rings is 3. The van der Waals surface area contributed by atoms with Gasteiger partial charge in [-0.15, -0.1) is 0 Å². The quantitative estimate of drug-likeness (QED) is 0.245. The van der Waals surface area contributed by atoms with E-state index in [0.29, 0.717) is 11.1 Å². The molecule has 0 radical (unpaired) electrons. The summed E-state index contributed by atoms with van der Waals surface area (Å²) in [6, 6.07) is 27.0. The van der Waals surface area contributed by atoms with Crippen molar-refractivity contribution in [2.45, 2.75) is 40.8 Å². The predicted molar refractivity (Wildman–Crippen MR) is 165 cm³/mol. The Bertz CT molecular complexity index is 1590. The van der Waals surface area contributed by atoms with E-state index in [0.717, 1.165) is 59.9 Å². The Morgan fingerprint density at radius 3 is 2.08 bits per heavy atom. The highest BCUT2D eigenvalue weighted by molar-refractivity contribution is 6.39. The van der Waals surface area contributed by atoms with Gasteiger partial charge in [0.15, 0.2) is 12.3 Å². The second-order valence-electron chi connectivity index (χ2n) is 10.4. The van der Waals surface area contributed by atoms with Crippen LogP contribution in [0.4, 0.5) is 5.69 Å². The zero-order chi connectivity index (χ0) is 28.2. The molecule has 0 saturated carbocycles. The molecule has 4 heteroatoms. The van der Waals surface area contributed by atoms with Gasteiger partial charge < -0.3 is 10.0 Å². The zero-order valence-electron chi connectivity index (χ0n) is 23.8. The van der Waals surface area contributed by atoms with E-state index in [1.165, 1.54) is 11.1 Å². The molecule has 0 heterocycles. The standard InChI is InChI=1S/C36H36N2O2/c1-5-37(23-27-13-9-7-10-14-27)29-17-19-31(25(3)21-29)33-35(39)34(36(33)40)32-20-18-30(22-26(32)4)38(6-2)24-28-15-11-8-12-16-28/h7-22H,5-6,23-24H2,1-4H3/p+1. The van der Waals surface area contributed by atoms with Gasteiger partial charge in [0.25, 0.3) is 0 Å². The number of rotatable bonds is 8. The van der Waals surface area contributed by atoms with Crippen LogP contribution in [0.15, 0.2) is 120 Å². The highest BCUT2D eigenvalue weighted by Gasteiger charge is 2.38. The van der Waals surface area contributed by atoms with Crippen molar-refractivity contribution in [2.24, 2.45) is 0 Å². The van der Waals surface area contributed by atoms with Crippen LogP contribution < -0.4 is 4.90 Å². The van der Waals surface area contributed by atoms with E-state index in [9.17, 15) is 9.90 Å². The fraction of sp³-hybridized carbons (Fsp3) is 0.222. The topological polar surface area (TPSA) is 43.5 Å². The number of nitrogens with zero attached hydrogens (tertiary/aromatic N) is 2. The van der Waals surface area contributed by atoms with Crippen LogP contribution in [0.1, 0.15) is 43.0 Å². The van der Waals surface area contributed by atoms with Crippen molar-refractivity contribution < 1.29 is 14.5 Å². The molecule has 0 saturated heterocycles. The molecule has 0 spiro atoms. The van der Waals surface area contributed by atoms with Gasteiger partial charge in [0.2, 0.25) is 5.78 Å². The number of anilines is 1. The molecular weight excluding hydrogens is 492 g/mol. The molecule has 2 aliphatic rings. The number of hydrogen-bond donors (Lipinski definition) is 1. The maximum Gasteiger partial charge on any atom is 0.201 e. The lowest BCUT2D eigenvalue weighted by Gasteiger charge is -2.28. The summed E-state index contributed by atoms with van der Waals surface area (Å²) < 4.78 is 2.31. The normalized spacial score (nSPS) is 18.0. The van der Waals surface area contributed by atoms with Gasteiger partial charge >= 0.3 is 0 Å². The first-order valence-corrected chi connectivity index (χ1v) is 14.1. The molecule has 4 nitrogen and oxygen atoms in total. The van der Waals surface area contributed by atoms with E-state index in [-0.39, 0.29) is 11.5 Å². The summed E-state index contributed by atoms with van der Waals surface area (Å²) in [4.78, 5) is 15.7. The van der Waals surface area contributed by atoms with Crippen LogP contribution in [0.3, 0.4) is 0 Å². The number of hydrogen-bond acceptors (Lipinski definition) is 3. The molecule has 3 aromatic rings. The minimum atomic E-state index is -0.0996. The predicted octanol–water partition coefficient (Wildman–Crippen LogP) is 7.36. The lowest BCUT2D eigenvalue weighted by atomic mass is 9.77. The van der Waals surface area contributed by atoms with Gasteiger partial charge in [0.1, 0.15) is 12.3 Å². The van der Waals surface area contributed by atoms with Crippen molar-refractivity contribution in [1.82, 2.24) is 0 Å². The van der Waals surface area contributed by atoms with Crippen LogP contribution in [-0.2, 0) is 17.9 Å². The van der Waals surface area contributed by atoms with Crippen LogP contribution in [0, 0.1) is 6.92 Å². The summed E-state index contributed by atoms with van der Waals surface area (Å²) in [6.45, 7) is 11.7. The molecule has 1 N–H and O–H groups in total. The first kappa shape index (κ1) is 27.1. The summed E-state index contributed by atoms with van der Waals surface area (Å²) in [5.74, 6) is -0.0116. The Morgan fingerprint density at radius 1 is 0.825 bits per heavy atom. The van der Waals surface area contributed by atoms with E-state index in [1.54, 1.807) is 0 Å². The molecule has 0 unspecified atom stereocenters. The number of aliphatic hydroxyl groups excluding tert-OH is 1. The fourth-order valence-electron chi connectivity index (χ4n) is 5.53. The molecular formula is C36H37N2O2+. The summed E-state index contributed by atoms with van der Waals surface area (Å²) in [5, 5.41) is 11.1. The van der Waals surface area contributed by atoms with E-state index in [1.807, 2.05) is 50.3 Å². The van der Waals surface area contributed by atoms with E-state index >= 15 is 0 Å². The molecule has 0 fully saturated rings. The van der Waals surface area contributed by atoms with Crippen molar-refractivity contribution in [3.8, 4) is 0 Å². The van der Waals surface area contributed by atoms with Crippen molar-refractivity contribution >= 4 is 22.8 Å². The SMILES string of the molecule is CCN(Cc1ccccc1)c1ccc(C2=C(O)C(=C3C=CC(=[N+](CC)Cc4ccccc4)C=C3C)C2=O)c(C)c1. The summed E-state index contributed by atoms with van der Waals surface area (Å²) in [7, 11) is 0. The molecule has 40 heavy (non-hydrogen) atoms. The second-order valence-corrected chi connectivity index (χ2v) is 10.4. The summed E-state index contributed by atoms with van der Waals surface area (Å²) in [6.07, 6.45) is 6.13. The number of carbonyl (C=O) groups is 1. The van der Waals surface area contributed by atoms with Gasteiger partial charge in [-0.25, -0.2) is 4.58 Å². The second kappa shape index (κ2) is 11.7. The molecule has 3 aromatic carbocycles. The maximum atomic E-state index is 13.4. The van der Waals surface area contributed by atoms with Gasteiger partial charge in [-0.1, -0.05) is 66.7 Å². The lowest BCUT2D eigenvalue weighted by Crippen LogP contribution is -2.25. The van der Waals surface area contributed by atoms with Crippen molar-refractivity contribution in [2.75, 3.05) is 18.0 Å². The van der Waals surface area contributed by atoms with E-state index in [4.69, 9.17) is 0 Å². The molecule has 0 aromatic heterocycles. The average molecular weight is 530 g/mol. The summed E-state index contributed by atoms with van der Waals surface area (Å²) in [5.41, 5.74) is 9.07. The number of Topliss-reactive ketones (excluding diaryl/α,β-unsaturated/α-hetero) is 1. The third-order valence-corrected chi connectivity index (χ3v) is 7.81. The van der Waals surface area contributed by atoms with Gasteiger partial charge in [-0.05, 0) is 73.7 Å². The molecule has 0 bridgehead atoms. The Labute approximate surface area is 237 Å². The minimum absolute atomic E-state index is 0.0879. The van der Waals surface area contributed by atoms with Crippen LogP contribution in [-0.4, -0.2) is 34.3 Å². The third-order valence-electron chi connectivity index (χ3n) is 7.81. The largest absolute Gasteiger partial charge is 0.506 e. The van der Waals surface area contributed by atoms with Crippen molar-refractivity contribution in [3.05, 3.63) is 142 Å². The van der Waals surface area contributed by atoms with Crippen LogP contribution in [0.2, 0.25) is 0 Å². The highest BCUT2D eigenvalue weighted by Crippen LogP contribution is 2.42. The molecule has 0 amide bonds. The lowest BCUT2D eigenvalue weighted by molar-refractivity contribution is -0.539. The average Bonchev–Trinajstić information content (AvgIpc) is 2.98. The Morgan fingerprint density at radius 2 is 1.50 bits per heavy atom. The van der Waals surface area contributed by atoms with Crippen LogP contribution >= 0.6 is 0 Å². The molecule has 0 atom stereocenters. The molecule has 202 valence electrons. The third kappa shape index (κ3) is 5.35. The van der Waals surface area contributed by atoms with Gasteiger partial charge in [-0.2, -0.15) is 0 Å². The Balaban J connectivity index is 1.41. The van der Waals surface area contributed by atoms with E-state index < -0.39 is 0 Å². The number of aliphatic hydroxyl groups is 1. The molecule has 0 aliphatic heterocycles. The van der Waals surface area contributed by atoms with Crippen LogP contribution in [0.25, 0.3) is 5.57 Å². The van der Waals surface area contributed by atoms with Gasteiger partial charge in [0, 0.05) is 36.5 Å². The minimum Gasteiger partial charge on any atom is -0.506 e. The Hall–Kier alpha value is -4.44. The molecule has 5 rings (SSSR count). The van der Waals surface area contributed by atoms with Crippen LogP contribution in [0.5, 0.6) is 0 Å². The smallest absolute Gasteiger partial charge is 0.201 e. The monoisotopic (exact) mass is 529 g/mol. The van der Waals surface area contributed by atoms with Gasteiger partial charge in [0.05, 0.1) is 11.1 Å².